The number of hydrogen-bond acceptors (Lipinski definition) is 5. The number of aryl methyl sites for hydroxylation is 1. The van der Waals surface area contributed by atoms with Gasteiger partial charge < -0.3 is 14.6 Å². The number of imidazole rings is 1. The highest BCUT2D eigenvalue weighted by Crippen LogP contribution is 2.32. The van der Waals surface area contributed by atoms with Gasteiger partial charge in [-0.25, -0.2) is 14.4 Å². The molecule has 0 bridgehead atoms. The average Bonchev–Trinajstić information content (AvgIpc) is 3.47. The van der Waals surface area contributed by atoms with Crippen molar-refractivity contribution in [2.24, 2.45) is 0 Å². The summed E-state index contributed by atoms with van der Waals surface area (Å²) < 4.78 is 19.1. The van der Waals surface area contributed by atoms with Gasteiger partial charge in [0.05, 0.1) is 41.0 Å². The van der Waals surface area contributed by atoms with Gasteiger partial charge in [-0.3, -0.25) is 4.79 Å². The highest BCUT2D eigenvalue weighted by Gasteiger charge is 2.32. The number of nitrogens with one attached hydrogen (secondary N) is 1. The number of rotatable bonds is 5. The van der Waals surface area contributed by atoms with Crippen molar-refractivity contribution >= 4 is 17.2 Å². The van der Waals surface area contributed by atoms with Crippen molar-refractivity contribution < 1.29 is 13.9 Å². The third-order valence-electron chi connectivity index (χ3n) is 5.67. The topological polar surface area (TPSA) is 71.1 Å². The third kappa shape index (κ3) is 4.58. The van der Waals surface area contributed by atoms with Gasteiger partial charge in [-0.15, -0.1) is 11.3 Å². The zero-order chi connectivity index (χ0) is 22.8. The molecule has 0 saturated carbocycles. The summed E-state index contributed by atoms with van der Waals surface area (Å²) in [6, 6.07) is 16.0. The Kier molecular flexibility index (Phi) is 6.02. The van der Waals surface area contributed by atoms with Crippen LogP contribution in [0.4, 0.5) is 4.39 Å². The van der Waals surface area contributed by atoms with Crippen LogP contribution >= 0.6 is 11.3 Å². The summed E-state index contributed by atoms with van der Waals surface area (Å²) in [5.41, 5.74) is 3.19. The SMILES string of the molecule is Cc1nc(C(=O)N2CCOCC2Cc2ncc(-c3ccccc3)[nH]2)c(-c2ccc(F)cc2)s1. The smallest absolute Gasteiger partial charge is 0.274 e. The number of morpholine rings is 1. The molecule has 168 valence electrons. The molecule has 2 aromatic heterocycles. The summed E-state index contributed by atoms with van der Waals surface area (Å²) in [6.45, 7) is 3.27. The molecule has 1 N–H and O–H groups in total. The number of nitrogens with zero attached hydrogens (tertiary/aromatic N) is 3. The molecule has 0 radical (unpaired) electrons. The van der Waals surface area contributed by atoms with Gasteiger partial charge in [0.25, 0.3) is 5.91 Å². The number of aromatic nitrogens is 3. The van der Waals surface area contributed by atoms with Gasteiger partial charge in [0.15, 0.2) is 0 Å². The van der Waals surface area contributed by atoms with Crippen molar-refractivity contribution in [1.29, 1.82) is 0 Å². The monoisotopic (exact) mass is 462 g/mol. The minimum Gasteiger partial charge on any atom is -0.377 e. The Bertz CT molecular complexity index is 1250. The summed E-state index contributed by atoms with van der Waals surface area (Å²) in [4.78, 5) is 28.6. The summed E-state index contributed by atoms with van der Waals surface area (Å²) >= 11 is 1.44. The standard InChI is InChI=1S/C25H23FN4O2S/c1-16-28-23(24(33-16)18-7-9-19(26)10-8-18)25(31)30-11-12-32-15-20(30)13-22-27-14-21(29-22)17-5-3-2-4-6-17/h2-10,14,20H,11-13,15H2,1H3,(H,27,29). The van der Waals surface area contributed by atoms with E-state index in [9.17, 15) is 9.18 Å². The number of amides is 1. The van der Waals surface area contributed by atoms with Crippen molar-refractivity contribution in [2.45, 2.75) is 19.4 Å². The fourth-order valence-electron chi connectivity index (χ4n) is 4.05. The third-order valence-corrected chi connectivity index (χ3v) is 6.69. The van der Waals surface area contributed by atoms with Crippen LogP contribution in [0.2, 0.25) is 0 Å². The average molecular weight is 463 g/mol. The predicted octanol–water partition coefficient (Wildman–Crippen LogP) is 4.73. The van der Waals surface area contributed by atoms with E-state index in [0.717, 1.165) is 32.5 Å². The molecule has 1 unspecified atom stereocenters. The Morgan fingerprint density at radius 2 is 1.97 bits per heavy atom. The maximum Gasteiger partial charge on any atom is 0.274 e. The number of H-pyrrole nitrogens is 1. The lowest BCUT2D eigenvalue weighted by atomic mass is 10.1. The van der Waals surface area contributed by atoms with E-state index in [4.69, 9.17) is 4.74 Å². The number of hydrogen-bond donors (Lipinski definition) is 1. The van der Waals surface area contributed by atoms with Crippen LogP contribution in [-0.2, 0) is 11.2 Å². The van der Waals surface area contributed by atoms with E-state index in [1.54, 1.807) is 12.1 Å². The van der Waals surface area contributed by atoms with E-state index in [0.29, 0.717) is 31.9 Å². The number of carbonyl (C=O) groups is 1. The highest BCUT2D eigenvalue weighted by atomic mass is 32.1. The molecule has 2 aromatic carbocycles. The van der Waals surface area contributed by atoms with Crippen LogP contribution in [0, 0.1) is 12.7 Å². The minimum atomic E-state index is -0.311. The molecule has 1 fully saturated rings. The maximum absolute atomic E-state index is 13.6. The molecule has 0 spiro atoms. The number of benzene rings is 2. The van der Waals surface area contributed by atoms with E-state index in [1.165, 1.54) is 23.5 Å². The van der Waals surface area contributed by atoms with Gasteiger partial charge in [-0.05, 0) is 30.2 Å². The Morgan fingerprint density at radius 3 is 2.76 bits per heavy atom. The van der Waals surface area contributed by atoms with E-state index >= 15 is 0 Å². The predicted molar refractivity (Wildman–Crippen MR) is 126 cm³/mol. The van der Waals surface area contributed by atoms with E-state index in [2.05, 4.69) is 15.0 Å². The molecule has 5 rings (SSSR count). The lowest BCUT2D eigenvalue weighted by Crippen LogP contribution is -2.50. The number of aromatic amines is 1. The summed E-state index contributed by atoms with van der Waals surface area (Å²) in [5, 5.41) is 0.793. The minimum absolute atomic E-state index is 0.137. The Morgan fingerprint density at radius 1 is 1.18 bits per heavy atom. The molecular weight excluding hydrogens is 439 g/mol. The van der Waals surface area contributed by atoms with Crippen molar-refractivity contribution in [3.8, 4) is 21.7 Å². The lowest BCUT2D eigenvalue weighted by molar-refractivity contribution is -0.00233. The van der Waals surface area contributed by atoms with Crippen LogP contribution in [0.3, 0.4) is 0 Å². The number of ether oxygens (including phenoxy) is 1. The molecular formula is C25H23FN4O2S. The molecule has 1 aliphatic heterocycles. The Labute approximate surface area is 195 Å². The second-order valence-corrected chi connectivity index (χ2v) is 9.16. The van der Waals surface area contributed by atoms with Crippen LogP contribution < -0.4 is 0 Å². The first-order valence-electron chi connectivity index (χ1n) is 10.8. The molecule has 3 heterocycles. The number of halogens is 1. The van der Waals surface area contributed by atoms with Crippen LogP contribution in [-0.4, -0.2) is 51.6 Å². The number of thiazole rings is 1. The van der Waals surface area contributed by atoms with Crippen molar-refractivity contribution in [3.63, 3.8) is 0 Å². The Balaban J connectivity index is 1.39. The molecule has 1 atom stereocenters. The van der Waals surface area contributed by atoms with Crippen LogP contribution in [0.5, 0.6) is 0 Å². The van der Waals surface area contributed by atoms with Gasteiger partial charge >= 0.3 is 0 Å². The largest absolute Gasteiger partial charge is 0.377 e. The van der Waals surface area contributed by atoms with Crippen molar-refractivity contribution in [1.82, 2.24) is 19.9 Å². The second kappa shape index (κ2) is 9.25. The summed E-state index contributed by atoms with van der Waals surface area (Å²) in [6.07, 6.45) is 2.37. The van der Waals surface area contributed by atoms with Crippen molar-refractivity contribution in [3.05, 3.63) is 83.1 Å². The number of carbonyl (C=O) groups excluding carboxylic acids is 1. The van der Waals surface area contributed by atoms with Gasteiger partial charge in [0.1, 0.15) is 17.3 Å². The van der Waals surface area contributed by atoms with Crippen molar-refractivity contribution in [2.75, 3.05) is 19.8 Å². The fourth-order valence-corrected chi connectivity index (χ4v) is 4.97. The van der Waals surface area contributed by atoms with Gasteiger partial charge in [-0.2, -0.15) is 0 Å². The van der Waals surface area contributed by atoms with Crippen LogP contribution in [0.25, 0.3) is 21.7 Å². The normalized spacial score (nSPS) is 16.2. The first-order chi connectivity index (χ1) is 16.1. The molecule has 8 heteroatoms. The van der Waals surface area contributed by atoms with E-state index in [1.807, 2.05) is 48.4 Å². The molecule has 4 aromatic rings. The molecule has 1 amide bonds. The zero-order valence-electron chi connectivity index (χ0n) is 18.1. The fraction of sp³-hybridized carbons (Fsp3) is 0.240. The van der Waals surface area contributed by atoms with E-state index in [-0.39, 0.29) is 17.8 Å². The second-order valence-electron chi connectivity index (χ2n) is 7.96. The van der Waals surface area contributed by atoms with E-state index < -0.39 is 0 Å². The van der Waals surface area contributed by atoms with Crippen LogP contribution in [0.15, 0.2) is 60.8 Å². The quantitative estimate of drug-likeness (QED) is 0.465. The first-order valence-corrected chi connectivity index (χ1v) is 11.6. The highest BCUT2D eigenvalue weighted by molar-refractivity contribution is 7.15. The summed E-state index contributed by atoms with van der Waals surface area (Å²) in [7, 11) is 0. The molecule has 1 saturated heterocycles. The van der Waals surface area contributed by atoms with Crippen LogP contribution in [0.1, 0.15) is 21.3 Å². The zero-order valence-corrected chi connectivity index (χ0v) is 18.9. The molecule has 0 aliphatic carbocycles. The maximum atomic E-state index is 13.6. The first kappa shape index (κ1) is 21.5. The molecule has 33 heavy (non-hydrogen) atoms. The van der Waals surface area contributed by atoms with Gasteiger partial charge in [0.2, 0.25) is 0 Å². The van der Waals surface area contributed by atoms with Gasteiger partial charge in [-0.1, -0.05) is 42.5 Å². The van der Waals surface area contributed by atoms with Gasteiger partial charge in [0, 0.05) is 13.0 Å². The summed E-state index contributed by atoms with van der Waals surface area (Å²) in [5.74, 6) is 0.353. The molecule has 1 aliphatic rings. The Hall–Kier alpha value is -3.36. The lowest BCUT2D eigenvalue weighted by Gasteiger charge is -2.35. The molecule has 6 nitrogen and oxygen atoms in total.